The Labute approximate surface area is 74.9 Å². The Morgan fingerprint density at radius 3 is 2.67 bits per heavy atom. The Kier molecular flexibility index (Phi) is 2.67. The van der Waals surface area contributed by atoms with Crippen LogP contribution in [0.2, 0.25) is 5.15 Å². The van der Waals surface area contributed by atoms with Gasteiger partial charge in [-0.05, 0) is 6.92 Å². The van der Waals surface area contributed by atoms with Gasteiger partial charge in [-0.2, -0.15) is 0 Å². The fraction of sp³-hybridized carbons (Fsp3) is 0.333. The molecule has 0 saturated carbocycles. The average molecular weight is 189 g/mol. The van der Waals surface area contributed by atoms with Gasteiger partial charge < -0.3 is 10.2 Å². The first-order chi connectivity index (χ1) is 5.69. The first-order valence-corrected chi connectivity index (χ1v) is 3.61. The molecule has 0 aliphatic rings. The Morgan fingerprint density at radius 1 is 1.50 bits per heavy atom. The van der Waals surface area contributed by atoms with Crippen molar-refractivity contribution in [1.29, 1.82) is 0 Å². The van der Waals surface area contributed by atoms with Crippen molar-refractivity contribution in [2.75, 3.05) is 12.5 Å². The van der Waals surface area contributed by atoms with Crippen LogP contribution in [0.4, 0.5) is 5.82 Å². The zero-order valence-electron chi connectivity index (χ0n) is 6.76. The van der Waals surface area contributed by atoms with Crippen molar-refractivity contribution in [2.45, 2.75) is 6.92 Å². The number of nitrogens with zero attached hydrogens (tertiary/aromatic N) is 2. The summed E-state index contributed by atoms with van der Waals surface area (Å²) in [4.78, 5) is 7.85. The second-order valence-electron chi connectivity index (χ2n) is 2.09. The van der Waals surface area contributed by atoms with E-state index in [-0.39, 0.29) is 5.15 Å². The maximum absolute atomic E-state index is 5.74. The SMILES string of the molecule is COc1c(Cl)nc(C)nc1NN. The summed E-state index contributed by atoms with van der Waals surface area (Å²) in [5.74, 6) is 6.46. The van der Waals surface area contributed by atoms with Gasteiger partial charge in [0.1, 0.15) is 5.82 Å². The zero-order valence-corrected chi connectivity index (χ0v) is 7.51. The van der Waals surface area contributed by atoms with Crippen LogP contribution < -0.4 is 16.0 Å². The number of hydrogen-bond acceptors (Lipinski definition) is 5. The molecule has 0 aromatic carbocycles. The summed E-state index contributed by atoms with van der Waals surface area (Å²) in [6, 6.07) is 0. The first kappa shape index (κ1) is 9.02. The summed E-state index contributed by atoms with van der Waals surface area (Å²) in [5.41, 5.74) is 2.37. The van der Waals surface area contributed by atoms with Crippen LogP contribution in [0.3, 0.4) is 0 Å². The Bertz CT molecular complexity index is 291. The lowest BCUT2D eigenvalue weighted by Gasteiger charge is -2.07. The lowest BCUT2D eigenvalue weighted by Crippen LogP contribution is -2.11. The highest BCUT2D eigenvalue weighted by molar-refractivity contribution is 6.31. The van der Waals surface area contributed by atoms with Crippen LogP contribution in [0.1, 0.15) is 5.82 Å². The maximum atomic E-state index is 5.74. The number of nitrogens with two attached hydrogens (primary N) is 1. The van der Waals surface area contributed by atoms with Crippen LogP contribution in [0.5, 0.6) is 5.75 Å². The molecule has 0 aliphatic heterocycles. The molecular formula is C6H9ClN4O. The van der Waals surface area contributed by atoms with Crippen molar-refractivity contribution < 1.29 is 4.74 Å². The van der Waals surface area contributed by atoms with Gasteiger partial charge >= 0.3 is 0 Å². The number of ether oxygens (including phenoxy) is 1. The highest BCUT2D eigenvalue weighted by atomic mass is 35.5. The molecule has 0 unspecified atom stereocenters. The highest BCUT2D eigenvalue weighted by Gasteiger charge is 2.10. The highest BCUT2D eigenvalue weighted by Crippen LogP contribution is 2.28. The Balaban J connectivity index is 3.24. The van der Waals surface area contributed by atoms with E-state index in [2.05, 4.69) is 15.4 Å². The van der Waals surface area contributed by atoms with Crippen molar-refractivity contribution in [2.24, 2.45) is 5.84 Å². The molecule has 6 heteroatoms. The number of hydrogen-bond donors (Lipinski definition) is 2. The average Bonchev–Trinajstić information content (AvgIpc) is 2.03. The molecule has 0 radical (unpaired) electrons. The topological polar surface area (TPSA) is 73.1 Å². The van der Waals surface area contributed by atoms with Crippen molar-refractivity contribution in [1.82, 2.24) is 9.97 Å². The molecule has 1 rings (SSSR count). The molecule has 66 valence electrons. The molecule has 3 N–H and O–H groups in total. The number of nitrogens with one attached hydrogen (secondary N) is 1. The third kappa shape index (κ3) is 1.57. The van der Waals surface area contributed by atoms with Gasteiger partial charge in [-0.1, -0.05) is 11.6 Å². The van der Waals surface area contributed by atoms with E-state index >= 15 is 0 Å². The van der Waals surface area contributed by atoms with E-state index < -0.39 is 0 Å². The van der Waals surface area contributed by atoms with Gasteiger partial charge in [0, 0.05) is 0 Å². The van der Waals surface area contributed by atoms with Gasteiger partial charge in [-0.15, -0.1) is 0 Å². The lowest BCUT2D eigenvalue weighted by molar-refractivity contribution is 0.412. The van der Waals surface area contributed by atoms with E-state index in [0.29, 0.717) is 17.4 Å². The van der Waals surface area contributed by atoms with Crippen LogP contribution in [0.15, 0.2) is 0 Å². The maximum Gasteiger partial charge on any atom is 0.200 e. The van der Waals surface area contributed by atoms with Crippen LogP contribution in [0.25, 0.3) is 0 Å². The monoisotopic (exact) mass is 188 g/mol. The normalized spacial score (nSPS) is 9.67. The van der Waals surface area contributed by atoms with Crippen molar-refractivity contribution in [3.63, 3.8) is 0 Å². The molecule has 0 atom stereocenters. The number of aromatic nitrogens is 2. The minimum Gasteiger partial charge on any atom is -0.490 e. The minimum atomic E-state index is 0.248. The van der Waals surface area contributed by atoms with E-state index in [1.165, 1.54) is 7.11 Å². The second-order valence-corrected chi connectivity index (χ2v) is 2.45. The standard InChI is InChI=1S/C6H9ClN4O/c1-3-9-5(7)4(12-2)6(10-3)11-8/h8H2,1-2H3,(H,9,10,11). The number of aryl methyl sites for hydroxylation is 1. The smallest absolute Gasteiger partial charge is 0.200 e. The molecule has 0 saturated heterocycles. The predicted molar refractivity (Wildman–Crippen MR) is 46.1 cm³/mol. The number of anilines is 1. The number of nitrogen functional groups attached to an aromatic ring is 1. The Morgan fingerprint density at radius 2 is 2.17 bits per heavy atom. The molecule has 0 aliphatic carbocycles. The summed E-state index contributed by atoms with van der Waals surface area (Å²) < 4.78 is 4.92. The molecule has 1 aromatic rings. The van der Waals surface area contributed by atoms with Crippen LogP contribution in [-0.4, -0.2) is 17.1 Å². The molecule has 0 amide bonds. The number of hydrazine groups is 1. The van der Waals surface area contributed by atoms with Crippen molar-refractivity contribution >= 4 is 17.4 Å². The summed E-state index contributed by atoms with van der Waals surface area (Å²) in [6.45, 7) is 1.71. The summed E-state index contributed by atoms with van der Waals surface area (Å²) in [7, 11) is 1.47. The van der Waals surface area contributed by atoms with Crippen LogP contribution in [0, 0.1) is 6.92 Å². The Hall–Kier alpha value is -1.07. The first-order valence-electron chi connectivity index (χ1n) is 3.23. The summed E-state index contributed by atoms with van der Waals surface area (Å²) in [5, 5.41) is 0.248. The lowest BCUT2D eigenvalue weighted by atomic mass is 10.5. The van der Waals surface area contributed by atoms with E-state index in [9.17, 15) is 0 Å². The zero-order chi connectivity index (χ0) is 9.14. The van der Waals surface area contributed by atoms with Gasteiger partial charge in [0.25, 0.3) is 0 Å². The van der Waals surface area contributed by atoms with Gasteiger partial charge in [0.2, 0.25) is 0 Å². The molecule has 1 heterocycles. The molecule has 5 nitrogen and oxygen atoms in total. The quantitative estimate of drug-likeness (QED) is 0.407. The summed E-state index contributed by atoms with van der Waals surface area (Å²) in [6.07, 6.45) is 0. The fourth-order valence-corrected chi connectivity index (χ4v) is 1.10. The van der Waals surface area contributed by atoms with E-state index in [0.717, 1.165) is 0 Å². The van der Waals surface area contributed by atoms with Gasteiger partial charge in [-0.3, -0.25) is 0 Å². The minimum absolute atomic E-state index is 0.248. The number of rotatable bonds is 2. The van der Waals surface area contributed by atoms with E-state index in [1.807, 2.05) is 0 Å². The summed E-state index contributed by atoms with van der Waals surface area (Å²) >= 11 is 5.74. The molecule has 0 spiro atoms. The predicted octanol–water partition coefficient (Wildman–Crippen LogP) is 0.733. The van der Waals surface area contributed by atoms with E-state index in [4.69, 9.17) is 22.2 Å². The van der Waals surface area contributed by atoms with Gasteiger partial charge in [-0.25, -0.2) is 15.8 Å². The van der Waals surface area contributed by atoms with Crippen molar-refractivity contribution in [3.8, 4) is 5.75 Å². The molecule has 0 bridgehead atoms. The molecular weight excluding hydrogens is 180 g/mol. The van der Waals surface area contributed by atoms with Gasteiger partial charge in [0.05, 0.1) is 7.11 Å². The van der Waals surface area contributed by atoms with Gasteiger partial charge in [0.15, 0.2) is 16.7 Å². The molecule has 0 fully saturated rings. The third-order valence-corrected chi connectivity index (χ3v) is 1.53. The van der Waals surface area contributed by atoms with Crippen LogP contribution in [-0.2, 0) is 0 Å². The number of methoxy groups -OCH3 is 1. The van der Waals surface area contributed by atoms with Crippen molar-refractivity contribution in [3.05, 3.63) is 11.0 Å². The largest absolute Gasteiger partial charge is 0.490 e. The van der Waals surface area contributed by atoms with E-state index in [1.54, 1.807) is 6.92 Å². The molecule has 1 aromatic heterocycles. The third-order valence-electron chi connectivity index (χ3n) is 1.28. The second kappa shape index (κ2) is 3.55. The fourth-order valence-electron chi connectivity index (χ4n) is 0.807. The van der Waals surface area contributed by atoms with Crippen LogP contribution >= 0.6 is 11.6 Å². The molecule has 12 heavy (non-hydrogen) atoms. The number of halogens is 1.